The summed E-state index contributed by atoms with van der Waals surface area (Å²) in [7, 11) is 1.90. The fraction of sp³-hybridized carbons (Fsp3) is 0.545. The first-order valence-electron chi connectivity index (χ1n) is 16.6. The minimum absolute atomic E-state index is 0.0898. The number of aromatic hydroxyl groups is 1. The molecule has 0 aromatic heterocycles. The predicted octanol–water partition coefficient (Wildman–Crippen LogP) is -0.919. The van der Waals surface area contributed by atoms with E-state index in [9.17, 15) is 57.3 Å². The van der Waals surface area contributed by atoms with Crippen molar-refractivity contribution in [3.8, 4) is 11.5 Å². The molecule has 22 heteroatoms. The number of phenols is 1. The van der Waals surface area contributed by atoms with Crippen LogP contribution in [0, 0.1) is 0 Å². The topological polar surface area (TPSA) is 296 Å². The molecular formula is C33H38F3N3O16. The number of aliphatic carboxylic acids is 3. The fourth-order valence-electron chi connectivity index (χ4n) is 7.37. The van der Waals surface area contributed by atoms with Gasteiger partial charge >= 0.3 is 36.0 Å². The van der Waals surface area contributed by atoms with Crippen LogP contribution >= 0.6 is 0 Å². The summed E-state index contributed by atoms with van der Waals surface area (Å²) >= 11 is 0. The molecule has 19 nitrogen and oxygen atoms in total. The highest BCUT2D eigenvalue weighted by atomic mass is 19.4. The molecule has 0 saturated carbocycles. The molecular weight excluding hydrogens is 751 g/mol. The molecule has 4 aliphatic rings. The molecule has 1 aromatic rings. The number of aliphatic hydroxyl groups is 2. The van der Waals surface area contributed by atoms with Crippen LogP contribution in [0.3, 0.4) is 0 Å². The van der Waals surface area contributed by atoms with E-state index >= 15 is 0 Å². The number of phenolic OH excluding ortho intramolecular Hbond substituents is 1. The van der Waals surface area contributed by atoms with Crippen LogP contribution in [0.5, 0.6) is 11.5 Å². The molecule has 2 aliphatic carbocycles. The number of alkyl halides is 3. The summed E-state index contributed by atoms with van der Waals surface area (Å²) in [6.07, 6.45) is -9.38. The number of piperidine rings is 1. The van der Waals surface area contributed by atoms with Crippen molar-refractivity contribution in [1.29, 1.82) is 0 Å². The third-order valence-corrected chi connectivity index (χ3v) is 9.68. The lowest BCUT2D eigenvalue weighted by Crippen LogP contribution is -2.75. The second-order valence-corrected chi connectivity index (χ2v) is 13.1. The molecule has 1 spiro atoms. The average molecular weight is 790 g/mol. The third kappa shape index (κ3) is 8.75. The number of halogens is 3. The van der Waals surface area contributed by atoms with Crippen LogP contribution in [0.4, 0.5) is 13.2 Å². The van der Waals surface area contributed by atoms with Crippen molar-refractivity contribution in [3.05, 3.63) is 35.1 Å². The number of rotatable bonds is 14. The number of nitrogens with one attached hydrogen (secondary N) is 2. The van der Waals surface area contributed by atoms with Crippen LogP contribution in [0.15, 0.2) is 24.0 Å². The van der Waals surface area contributed by atoms with E-state index in [1.807, 2.05) is 7.05 Å². The number of likely N-dealkylation sites (tertiary alicyclic amines) is 1. The Bertz CT molecular complexity index is 1770. The van der Waals surface area contributed by atoms with Gasteiger partial charge < -0.3 is 55.5 Å². The zero-order valence-corrected chi connectivity index (χ0v) is 29.0. The van der Waals surface area contributed by atoms with Gasteiger partial charge in [-0.2, -0.15) is 13.2 Å². The largest absolute Gasteiger partial charge is 0.504 e. The number of aliphatic hydroxyl groups excluding tert-OH is 2. The van der Waals surface area contributed by atoms with E-state index in [0.717, 1.165) is 5.56 Å². The van der Waals surface area contributed by atoms with Crippen molar-refractivity contribution in [2.75, 3.05) is 26.7 Å². The van der Waals surface area contributed by atoms with E-state index in [4.69, 9.17) is 34.3 Å². The Hall–Kier alpha value is -5.48. The Morgan fingerprint density at radius 3 is 2.02 bits per heavy atom. The molecule has 2 aliphatic heterocycles. The van der Waals surface area contributed by atoms with Crippen LogP contribution in [0.1, 0.15) is 49.7 Å². The maximum atomic E-state index is 13.4. The Morgan fingerprint density at radius 2 is 1.49 bits per heavy atom. The highest BCUT2D eigenvalue weighted by Gasteiger charge is 2.74. The van der Waals surface area contributed by atoms with Crippen LogP contribution in [-0.4, -0.2) is 140 Å². The van der Waals surface area contributed by atoms with Gasteiger partial charge in [0.05, 0.1) is 37.1 Å². The van der Waals surface area contributed by atoms with Crippen molar-refractivity contribution < 1.29 is 91.6 Å². The number of carbonyl (C=O) groups is 7. The lowest BCUT2D eigenvalue weighted by atomic mass is 9.50. The van der Waals surface area contributed by atoms with Crippen LogP contribution in [0.2, 0.25) is 0 Å². The van der Waals surface area contributed by atoms with E-state index in [0.29, 0.717) is 24.9 Å². The maximum Gasteiger partial charge on any atom is 0.490 e. The number of benzene rings is 1. The first kappa shape index (κ1) is 42.3. The van der Waals surface area contributed by atoms with E-state index in [1.165, 1.54) is 6.07 Å². The predicted molar refractivity (Wildman–Crippen MR) is 172 cm³/mol. The van der Waals surface area contributed by atoms with Crippen molar-refractivity contribution in [1.82, 2.24) is 15.5 Å². The summed E-state index contributed by atoms with van der Waals surface area (Å²) in [5, 5.41) is 59.5. The first-order chi connectivity index (χ1) is 25.6. The zero-order valence-electron chi connectivity index (χ0n) is 29.0. The Balaban J connectivity index is 0.000000876. The number of amides is 2. The summed E-state index contributed by atoms with van der Waals surface area (Å²) in [4.78, 5) is 82.9. The number of carboxylic acid groups (broad SMARTS) is 3. The lowest BCUT2D eigenvalue weighted by molar-refractivity contribution is -0.206. The minimum Gasteiger partial charge on any atom is -0.504 e. The standard InChI is InChI=1S/C31H37N3O14.C2HF3O2/c1-34-11-8-30-25-15-2-3-16(35)26(25)47-27(30)19(46-23(42)5-9-32-28(44)17(36)13-21(38)39)4-7-31(30,20(34)12-15)48-24(43)6-10-33-29(45)18(37)14-22(40)41;3-2(4,5)1(6)7/h2-4,17-18,20,27,35-37H,5-14H2,1H3,(H,32,44)(H,33,45)(H,38,39)(H,40,41);(H,6,7)/t17-,18-,20+,27-,30-,31+;/m0./s1. The Labute approximate surface area is 308 Å². The molecule has 0 unspecified atom stereocenters. The van der Waals surface area contributed by atoms with Gasteiger partial charge in [-0.25, -0.2) is 4.79 Å². The summed E-state index contributed by atoms with van der Waals surface area (Å²) in [6, 6.07) is 2.93. The van der Waals surface area contributed by atoms with Gasteiger partial charge in [-0.1, -0.05) is 6.07 Å². The molecule has 8 N–H and O–H groups in total. The number of likely N-dealkylation sites (N-methyl/N-ethyl adjacent to an activating group) is 1. The number of esters is 2. The summed E-state index contributed by atoms with van der Waals surface area (Å²) in [5.41, 5.74) is -0.841. The number of nitrogens with zero attached hydrogens (tertiary/aromatic N) is 1. The summed E-state index contributed by atoms with van der Waals surface area (Å²) < 4.78 is 50.2. The summed E-state index contributed by atoms with van der Waals surface area (Å²) in [5.74, 6) is -8.69. The highest BCUT2D eigenvalue weighted by Crippen LogP contribution is 2.66. The Morgan fingerprint density at radius 1 is 0.945 bits per heavy atom. The molecule has 5 rings (SSSR count). The smallest absolute Gasteiger partial charge is 0.490 e. The highest BCUT2D eigenvalue weighted by molar-refractivity contribution is 5.86. The SMILES string of the molecule is CN1CC[C@]23c4c5ccc(O)c4O[C@H]2C(OC(=O)CCNC(=O)[C@@H](O)CC(=O)O)=CC[C@@]3(OC(=O)CCNC(=O)[C@@H](O)CC(=O)O)[C@H]1C5.O=C(O)C(F)(F)F. The van der Waals surface area contributed by atoms with Gasteiger partial charge in [-0.3, -0.25) is 33.7 Å². The van der Waals surface area contributed by atoms with E-state index in [-0.39, 0.29) is 55.7 Å². The van der Waals surface area contributed by atoms with Crippen molar-refractivity contribution in [3.63, 3.8) is 0 Å². The molecule has 1 fully saturated rings. The second-order valence-electron chi connectivity index (χ2n) is 13.1. The zero-order chi connectivity index (χ0) is 41.0. The van der Waals surface area contributed by atoms with Crippen LogP contribution in [-0.2, 0) is 54.9 Å². The quantitative estimate of drug-likeness (QED) is 0.106. The van der Waals surface area contributed by atoms with Gasteiger partial charge in [0.2, 0.25) is 11.8 Å². The number of ether oxygens (including phenoxy) is 3. The number of hydrogen-bond acceptors (Lipinski definition) is 14. The van der Waals surface area contributed by atoms with Crippen LogP contribution in [0.25, 0.3) is 0 Å². The first-order valence-corrected chi connectivity index (χ1v) is 16.6. The van der Waals surface area contributed by atoms with Gasteiger partial charge in [0.15, 0.2) is 17.6 Å². The second kappa shape index (κ2) is 16.5. The monoisotopic (exact) mass is 789 g/mol. The number of carbonyl (C=O) groups excluding carboxylic acids is 4. The minimum atomic E-state index is -5.08. The lowest BCUT2D eigenvalue weighted by Gasteiger charge is -2.62. The maximum absolute atomic E-state index is 13.4. The molecule has 2 amide bonds. The fourth-order valence-corrected chi connectivity index (χ4v) is 7.37. The molecule has 302 valence electrons. The van der Waals surface area contributed by atoms with E-state index < -0.39 is 90.0 Å². The van der Waals surface area contributed by atoms with E-state index in [1.54, 1.807) is 12.1 Å². The van der Waals surface area contributed by atoms with Gasteiger partial charge in [-0.05, 0) is 44.1 Å². The van der Waals surface area contributed by atoms with Gasteiger partial charge in [0, 0.05) is 25.1 Å². The molecule has 6 atom stereocenters. The molecule has 0 radical (unpaired) electrons. The molecule has 1 aromatic carbocycles. The number of carboxylic acids is 3. The Kier molecular flexibility index (Phi) is 12.7. The van der Waals surface area contributed by atoms with Crippen molar-refractivity contribution in [2.45, 2.75) is 86.5 Å². The van der Waals surface area contributed by atoms with Gasteiger partial charge in [0.1, 0.15) is 23.6 Å². The van der Waals surface area contributed by atoms with Crippen LogP contribution < -0.4 is 15.4 Å². The van der Waals surface area contributed by atoms with Crippen molar-refractivity contribution in [2.24, 2.45) is 0 Å². The van der Waals surface area contributed by atoms with Gasteiger partial charge in [-0.15, -0.1) is 0 Å². The average Bonchev–Trinajstić information content (AvgIpc) is 3.44. The molecule has 55 heavy (non-hydrogen) atoms. The van der Waals surface area contributed by atoms with Crippen molar-refractivity contribution >= 4 is 41.7 Å². The molecule has 2 bridgehead atoms. The molecule has 1 saturated heterocycles. The number of hydrogen-bond donors (Lipinski definition) is 8. The normalized spacial score (nSPS) is 24.2. The summed E-state index contributed by atoms with van der Waals surface area (Å²) in [6.45, 7) is 0.0621. The third-order valence-electron chi connectivity index (χ3n) is 9.68. The van der Waals surface area contributed by atoms with Gasteiger partial charge in [0.25, 0.3) is 0 Å². The van der Waals surface area contributed by atoms with E-state index in [2.05, 4.69) is 15.5 Å². The molecule has 2 heterocycles.